The first kappa shape index (κ1) is 26.3. The van der Waals surface area contributed by atoms with E-state index in [1.54, 1.807) is 30.5 Å². The van der Waals surface area contributed by atoms with Crippen molar-refractivity contribution in [3.63, 3.8) is 0 Å². The number of carboxylic acid groups (broad SMARTS) is 1. The molecule has 2 saturated heterocycles. The van der Waals surface area contributed by atoms with E-state index in [1.807, 2.05) is 25.1 Å². The molecule has 1 N–H and O–H groups in total. The van der Waals surface area contributed by atoms with Crippen LogP contribution >= 0.6 is 11.6 Å². The van der Waals surface area contributed by atoms with Crippen LogP contribution in [0.2, 0.25) is 5.02 Å². The highest BCUT2D eigenvalue weighted by molar-refractivity contribution is 6.30. The van der Waals surface area contributed by atoms with E-state index in [-0.39, 0.29) is 11.7 Å². The second-order valence-corrected chi connectivity index (χ2v) is 11.6. The van der Waals surface area contributed by atoms with E-state index in [0.717, 1.165) is 72.9 Å². The molecule has 3 aliphatic heterocycles. The Morgan fingerprint density at radius 3 is 2.66 bits per heavy atom. The molecule has 5 heterocycles. The summed E-state index contributed by atoms with van der Waals surface area (Å²) in [6.45, 7) is 5.86. The lowest BCUT2D eigenvalue weighted by atomic mass is 9.88. The first-order valence-corrected chi connectivity index (χ1v) is 14.4. The Morgan fingerprint density at radius 2 is 1.95 bits per heavy atom. The predicted molar refractivity (Wildman–Crippen MR) is 153 cm³/mol. The molecule has 3 aliphatic rings. The molecule has 7 rings (SSSR count). The van der Waals surface area contributed by atoms with Crippen molar-refractivity contribution in [2.75, 3.05) is 19.7 Å². The highest BCUT2D eigenvalue weighted by Crippen LogP contribution is 2.49. The molecule has 0 aliphatic carbocycles. The monoisotopic (exact) mass is 574 g/mol. The summed E-state index contributed by atoms with van der Waals surface area (Å²) in [6.07, 6.45) is 4.70. The second kappa shape index (κ2) is 10.3. The molecule has 9 nitrogen and oxygen atoms in total. The van der Waals surface area contributed by atoms with Gasteiger partial charge in [0.05, 0.1) is 40.8 Å². The number of fused-ring (bicyclic) bond motifs is 2. The Balaban J connectivity index is 1.07. The van der Waals surface area contributed by atoms with Gasteiger partial charge < -0.3 is 23.9 Å². The SMILES string of the molecule is CC1(c2ccc(Cl)cn2)Oc2cccc(C3CCN(Cc4nc5ccc(C(=O)O)cc5n4C[C@@H]4CCO4)CC3)c2O1. The van der Waals surface area contributed by atoms with Crippen LogP contribution in [-0.4, -0.2) is 56.3 Å². The first-order chi connectivity index (χ1) is 19.9. The Hall–Kier alpha value is -3.66. The highest BCUT2D eigenvalue weighted by atomic mass is 35.5. The second-order valence-electron chi connectivity index (χ2n) is 11.2. The molecule has 1 unspecified atom stereocenters. The Bertz CT molecular complexity index is 1610. The number of likely N-dealkylation sites (tertiary alicyclic amines) is 1. The molecule has 2 atom stereocenters. The Labute approximate surface area is 242 Å². The molecule has 4 aromatic rings. The molecule has 0 amide bonds. The van der Waals surface area contributed by atoms with Gasteiger partial charge in [0.2, 0.25) is 0 Å². The lowest BCUT2D eigenvalue weighted by molar-refractivity contribution is -0.0722. The number of imidazole rings is 1. The van der Waals surface area contributed by atoms with Crippen molar-refractivity contribution in [3.05, 3.63) is 82.4 Å². The number of halogens is 1. The first-order valence-electron chi connectivity index (χ1n) is 14.1. The minimum Gasteiger partial charge on any atom is -0.478 e. The highest BCUT2D eigenvalue weighted by Gasteiger charge is 2.42. The van der Waals surface area contributed by atoms with E-state index in [1.165, 1.54) is 0 Å². The summed E-state index contributed by atoms with van der Waals surface area (Å²) in [6, 6.07) is 14.9. The van der Waals surface area contributed by atoms with Crippen molar-refractivity contribution in [2.45, 2.75) is 57.1 Å². The summed E-state index contributed by atoms with van der Waals surface area (Å²) < 4.78 is 20.6. The molecule has 212 valence electrons. The number of carboxylic acids is 1. The van der Waals surface area contributed by atoms with Crippen molar-refractivity contribution in [3.8, 4) is 11.5 Å². The number of aromatic nitrogens is 3. The molecule has 10 heteroatoms. The fraction of sp³-hybridized carbons (Fsp3) is 0.387. The van der Waals surface area contributed by atoms with Gasteiger partial charge in [-0.2, -0.15) is 0 Å². The average molecular weight is 575 g/mol. The van der Waals surface area contributed by atoms with Crippen LogP contribution in [0.15, 0.2) is 54.7 Å². The minimum atomic E-state index is -1.01. The van der Waals surface area contributed by atoms with E-state index < -0.39 is 11.8 Å². The van der Waals surface area contributed by atoms with Gasteiger partial charge >= 0.3 is 5.97 Å². The third kappa shape index (κ3) is 4.92. The average Bonchev–Trinajstić information content (AvgIpc) is 3.47. The summed E-state index contributed by atoms with van der Waals surface area (Å²) in [4.78, 5) is 23.4. The largest absolute Gasteiger partial charge is 0.478 e. The quantitative estimate of drug-likeness (QED) is 0.305. The lowest BCUT2D eigenvalue weighted by Gasteiger charge is -2.33. The standard InChI is InChI=1S/C31H31ClN4O5/c1-31(27-8-6-21(32)16-33-27)40-26-4-2-3-23(29(26)41-31)19-9-12-35(13-10-19)18-28-34-24-7-5-20(30(37)38)15-25(24)36(28)17-22-11-14-39-22/h2-8,15-16,19,22H,9-14,17-18H2,1H3,(H,37,38)/t22-,31?/m0/s1. The summed E-state index contributed by atoms with van der Waals surface area (Å²) in [5.74, 6) is 0.868. The van der Waals surface area contributed by atoms with Gasteiger partial charge in [0.15, 0.2) is 11.5 Å². The van der Waals surface area contributed by atoms with Gasteiger partial charge in [-0.25, -0.2) is 9.78 Å². The molecule has 0 radical (unpaired) electrons. The van der Waals surface area contributed by atoms with Gasteiger partial charge in [-0.3, -0.25) is 9.88 Å². The van der Waals surface area contributed by atoms with Gasteiger partial charge in [0, 0.05) is 25.3 Å². The van der Waals surface area contributed by atoms with Crippen molar-refractivity contribution in [1.82, 2.24) is 19.4 Å². The molecule has 2 aromatic heterocycles. The van der Waals surface area contributed by atoms with Crippen LogP contribution in [0.5, 0.6) is 11.5 Å². The Kier molecular flexibility index (Phi) is 6.60. The van der Waals surface area contributed by atoms with Crippen molar-refractivity contribution < 1.29 is 24.1 Å². The van der Waals surface area contributed by atoms with Crippen molar-refractivity contribution >= 4 is 28.6 Å². The number of aromatic carboxylic acids is 1. The molecule has 0 bridgehead atoms. The zero-order valence-corrected chi connectivity index (χ0v) is 23.5. The zero-order chi connectivity index (χ0) is 28.1. The molecular weight excluding hydrogens is 544 g/mol. The maximum absolute atomic E-state index is 11.6. The number of ether oxygens (including phenoxy) is 3. The third-order valence-electron chi connectivity index (χ3n) is 8.45. The lowest BCUT2D eigenvalue weighted by Crippen LogP contribution is -2.35. The van der Waals surface area contributed by atoms with Crippen LogP contribution in [0.25, 0.3) is 11.0 Å². The van der Waals surface area contributed by atoms with Gasteiger partial charge in [0.1, 0.15) is 11.5 Å². The summed E-state index contributed by atoms with van der Waals surface area (Å²) in [5, 5.41) is 10.1. The normalized spacial score (nSPS) is 22.6. The fourth-order valence-corrected chi connectivity index (χ4v) is 6.19. The number of hydrogen-bond acceptors (Lipinski definition) is 7. The maximum Gasteiger partial charge on any atom is 0.335 e. The maximum atomic E-state index is 11.6. The van der Waals surface area contributed by atoms with Crippen LogP contribution in [0.1, 0.15) is 59.5 Å². The van der Waals surface area contributed by atoms with Gasteiger partial charge in [-0.05, 0) is 74.7 Å². The molecule has 0 saturated carbocycles. The van der Waals surface area contributed by atoms with Gasteiger partial charge in [0.25, 0.3) is 5.79 Å². The van der Waals surface area contributed by atoms with Crippen LogP contribution < -0.4 is 9.47 Å². The Morgan fingerprint density at radius 1 is 1.12 bits per heavy atom. The van der Waals surface area contributed by atoms with Crippen molar-refractivity contribution in [2.24, 2.45) is 0 Å². The number of pyridine rings is 1. The smallest absolute Gasteiger partial charge is 0.335 e. The minimum absolute atomic E-state index is 0.140. The number of piperidine rings is 1. The third-order valence-corrected chi connectivity index (χ3v) is 8.67. The fourth-order valence-electron chi connectivity index (χ4n) is 6.08. The molecular formula is C31H31ClN4O5. The molecule has 41 heavy (non-hydrogen) atoms. The van der Waals surface area contributed by atoms with Crippen LogP contribution in [0.3, 0.4) is 0 Å². The van der Waals surface area contributed by atoms with Crippen LogP contribution in [-0.2, 0) is 23.6 Å². The van der Waals surface area contributed by atoms with E-state index in [9.17, 15) is 9.90 Å². The number of carbonyl (C=O) groups is 1. The number of hydrogen-bond donors (Lipinski definition) is 1. The predicted octanol–water partition coefficient (Wildman–Crippen LogP) is 5.60. The summed E-state index contributed by atoms with van der Waals surface area (Å²) in [5.41, 5.74) is 3.76. The van der Waals surface area contributed by atoms with E-state index in [4.69, 9.17) is 30.8 Å². The number of rotatable bonds is 7. The van der Waals surface area contributed by atoms with E-state index in [0.29, 0.717) is 29.7 Å². The van der Waals surface area contributed by atoms with Gasteiger partial charge in [-0.1, -0.05) is 23.7 Å². The number of para-hydroxylation sites is 1. The molecule has 2 aromatic carbocycles. The topological polar surface area (TPSA) is 98.9 Å². The number of benzene rings is 2. The van der Waals surface area contributed by atoms with Crippen LogP contribution in [0.4, 0.5) is 0 Å². The molecule has 0 spiro atoms. The summed E-state index contributed by atoms with van der Waals surface area (Å²) >= 11 is 6.04. The zero-order valence-electron chi connectivity index (χ0n) is 22.8. The van der Waals surface area contributed by atoms with Crippen LogP contribution in [0, 0.1) is 0 Å². The molecule has 2 fully saturated rings. The van der Waals surface area contributed by atoms with E-state index >= 15 is 0 Å². The number of nitrogens with zero attached hydrogens (tertiary/aromatic N) is 4. The van der Waals surface area contributed by atoms with Gasteiger partial charge in [-0.15, -0.1) is 0 Å². The van der Waals surface area contributed by atoms with E-state index in [2.05, 4.69) is 20.5 Å². The van der Waals surface area contributed by atoms with Crippen molar-refractivity contribution in [1.29, 1.82) is 0 Å². The summed E-state index contributed by atoms with van der Waals surface area (Å²) in [7, 11) is 0.